The fraction of sp³-hybridized carbons (Fsp3) is 1.00. The molecule has 2 nitrogen and oxygen atoms in total. The van der Waals surface area contributed by atoms with E-state index < -0.39 is 0 Å². The van der Waals surface area contributed by atoms with E-state index in [0.717, 1.165) is 0 Å². The Kier molecular flexibility index (Phi) is 7.94. The SMILES string of the molecule is CNCCCCCCN1CCCCCC1. The number of rotatable bonds is 7. The van der Waals surface area contributed by atoms with Gasteiger partial charge in [-0.3, -0.25) is 0 Å². The van der Waals surface area contributed by atoms with E-state index in [0.29, 0.717) is 0 Å². The van der Waals surface area contributed by atoms with Crippen LogP contribution in [0.15, 0.2) is 0 Å². The van der Waals surface area contributed by atoms with Crippen molar-refractivity contribution < 1.29 is 0 Å². The molecule has 1 N–H and O–H groups in total. The lowest BCUT2D eigenvalue weighted by atomic mass is 10.2. The van der Waals surface area contributed by atoms with Gasteiger partial charge >= 0.3 is 0 Å². The second-order valence-corrected chi connectivity index (χ2v) is 4.77. The molecule has 0 saturated carbocycles. The Balaban J connectivity index is 1.89. The third-order valence-corrected chi connectivity index (χ3v) is 3.35. The Morgan fingerprint density at radius 1 is 0.867 bits per heavy atom. The Bertz CT molecular complexity index is 128. The smallest absolute Gasteiger partial charge is 0.00187 e. The second kappa shape index (κ2) is 9.17. The monoisotopic (exact) mass is 212 g/mol. The number of nitrogens with zero attached hydrogens (tertiary/aromatic N) is 1. The molecular formula is C13H28N2. The lowest BCUT2D eigenvalue weighted by Crippen LogP contribution is -2.25. The first-order valence-corrected chi connectivity index (χ1v) is 6.80. The van der Waals surface area contributed by atoms with E-state index in [-0.39, 0.29) is 0 Å². The van der Waals surface area contributed by atoms with E-state index in [4.69, 9.17) is 0 Å². The minimum atomic E-state index is 1.18. The summed E-state index contributed by atoms with van der Waals surface area (Å²) in [5, 5.41) is 3.21. The van der Waals surface area contributed by atoms with Gasteiger partial charge < -0.3 is 10.2 Å². The summed E-state index contributed by atoms with van der Waals surface area (Å²) in [5.74, 6) is 0. The third-order valence-electron chi connectivity index (χ3n) is 3.35. The highest BCUT2D eigenvalue weighted by Crippen LogP contribution is 2.10. The summed E-state index contributed by atoms with van der Waals surface area (Å²) in [5.41, 5.74) is 0. The van der Waals surface area contributed by atoms with Gasteiger partial charge in [0.1, 0.15) is 0 Å². The summed E-state index contributed by atoms with van der Waals surface area (Å²) < 4.78 is 0. The van der Waals surface area contributed by atoms with E-state index in [2.05, 4.69) is 10.2 Å². The molecule has 0 unspecified atom stereocenters. The molecule has 1 fully saturated rings. The normalized spacial score (nSPS) is 19.0. The summed E-state index contributed by atoms with van der Waals surface area (Å²) in [6.45, 7) is 5.25. The van der Waals surface area contributed by atoms with Crippen molar-refractivity contribution in [2.45, 2.75) is 51.4 Å². The number of hydrogen-bond donors (Lipinski definition) is 1. The maximum atomic E-state index is 3.21. The van der Waals surface area contributed by atoms with Crippen molar-refractivity contribution in [3.8, 4) is 0 Å². The molecule has 0 atom stereocenters. The molecule has 1 heterocycles. The molecule has 0 spiro atoms. The fourth-order valence-corrected chi connectivity index (χ4v) is 2.35. The molecule has 2 heteroatoms. The molecule has 1 aliphatic rings. The van der Waals surface area contributed by atoms with Gasteiger partial charge in [0.15, 0.2) is 0 Å². The summed E-state index contributed by atoms with van der Waals surface area (Å²) in [6.07, 6.45) is 11.3. The Morgan fingerprint density at radius 2 is 1.53 bits per heavy atom. The second-order valence-electron chi connectivity index (χ2n) is 4.77. The number of likely N-dealkylation sites (tertiary alicyclic amines) is 1. The zero-order valence-electron chi connectivity index (χ0n) is 10.4. The van der Waals surface area contributed by atoms with E-state index in [1.807, 2.05) is 7.05 Å². The molecule has 0 amide bonds. The topological polar surface area (TPSA) is 15.3 Å². The van der Waals surface area contributed by atoms with E-state index in [9.17, 15) is 0 Å². The van der Waals surface area contributed by atoms with Crippen LogP contribution in [-0.4, -0.2) is 38.1 Å². The van der Waals surface area contributed by atoms with Crippen molar-refractivity contribution in [2.75, 3.05) is 33.2 Å². The Morgan fingerprint density at radius 3 is 2.20 bits per heavy atom. The zero-order valence-corrected chi connectivity index (χ0v) is 10.4. The van der Waals surface area contributed by atoms with E-state index in [1.165, 1.54) is 77.5 Å². The molecule has 0 aromatic rings. The maximum absolute atomic E-state index is 3.21. The van der Waals surface area contributed by atoms with Gasteiger partial charge in [0.25, 0.3) is 0 Å². The molecule has 1 saturated heterocycles. The number of hydrogen-bond acceptors (Lipinski definition) is 2. The van der Waals surface area contributed by atoms with Crippen LogP contribution in [0.5, 0.6) is 0 Å². The molecular weight excluding hydrogens is 184 g/mol. The van der Waals surface area contributed by atoms with Crippen molar-refractivity contribution in [2.24, 2.45) is 0 Å². The van der Waals surface area contributed by atoms with Gasteiger partial charge in [-0.2, -0.15) is 0 Å². The van der Waals surface area contributed by atoms with Gasteiger partial charge in [-0.15, -0.1) is 0 Å². The van der Waals surface area contributed by atoms with Crippen LogP contribution >= 0.6 is 0 Å². The minimum Gasteiger partial charge on any atom is -0.320 e. The molecule has 0 aliphatic carbocycles. The molecule has 0 radical (unpaired) electrons. The molecule has 90 valence electrons. The standard InChI is InChI=1S/C13H28N2/c1-14-10-6-2-3-7-11-15-12-8-4-5-9-13-15/h14H,2-13H2,1H3. The third kappa shape index (κ3) is 6.91. The predicted octanol–water partition coefficient (Wildman–Crippen LogP) is 2.64. The van der Waals surface area contributed by atoms with Gasteiger partial charge in [0, 0.05) is 0 Å². The van der Waals surface area contributed by atoms with Crippen LogP contribution in [0.4, 0.5) is 0 Å². The fourth-order valence-electron chi connectivity index (χ4n) is 2.35. The quantitative estimate of drug-likeness (QED) is 0.653. The first kappa shape index (κ1) is 13.0. The van der Waals surface area contributed by atoms with Gasteiger partial charge in [0.2, 0.25) is 0 Å². The van der Waals surface area contributed by atoms with Crippen molar-refractivity contribution in [1.29, 1.82) is 0 Å². The molecule has 1 rings (SSSR count). The van der Waals surface area contributed by atoms with Crippen LogP contribution in [0.2, 0.25) is 0 Å². The number of nitrogens with one attached hydrogen (secondary N) is 1. The van der Waals surface area contributed by atoms with E-state index in [1.54, 1.807) is 0 Å². The number of unbranched alkanes of at least 4 members (excludes halogenated alkanes) is 3. The molecule has 1 aliphatic heterocycles. The van der Waals surface area contributed by atoms with Crippen molar-refractivity contribution in [1.82, 2.24) is 10.2 Å². The van der Waals surface area contributed by atoms with Gasteiger partial charge in [-0.25, -0.2) is 0 Å². The highest BCUT2D eigenvalue weighted by Gasteiger charge is 2.07. The largest absolute Gasteiger partial charge is 0.320 e. The van der Waals surface area contributed by atoms with Crippen LogP contribution in [0.3, 0.4) is 0 Å². The predicted molar refractivity (Wildman–Crippen MR) is 67.3 cm³/mol. The molecule has 0 bridgehead atoms. The van der Waals surface area contributed by atoms with Crippen molar-refractivity contribution in [3.63, 3.8) is 0 Å². The zero-order chi connectivity index (χ0) is 10.8. The molecule has 0 aromatic heterocycles. The Hall–Kier alpha value is -0.0800. The lowest BCUT2D eigenvalue weighted by molar-refractivity contribution is 0.277. The minimum absolute atomic E-state index is 1.18. The summed E-state index contributed by atoms with van der Waals surface area (Å²) in [7, 11) is 2.04. The van der Waals surface area contributed by atoms with Crippen LogP contribution in [0.1, 0.15) is 51.4 Å². The van der Waals surface area contributed by atoms with Crippen molar-refractivity contribution >= 4 is 0 Å². The van der Waals surface area contributed by atoms with E-state index >= 15 is 0 Å². The average Bonchev–Trinajstić information content (AvgIpc) is 2.52. The van der Waals surface area contributed by atoms with Crippen molar-refractivity contribution in [3.05, 3.63) is 0 Å². The lowest BCUT2D eigenvalue weighted by Gasteiger charge is -2.19. The van der Waals surface area contributed by atoms with Crippen LogP contribution < -0.4 is 5.32 Å². The summed E-state index contributed by atoms with van der Waals surface area (Å²) in [4.78, 5) is 2.67. The van der Waals surface area contributed by atoms with Gasteiger partial charge in [-0.1, -0.05) is 25.7 Å². The first-order valence-electron chi connectivity index (χ1n) is 6.80. The maximum Gasteiger partial charge on any atom is -0.00187 e. The highest BCUT2D eigenvalue weighted by molar-refractivity contribution is 4.63. The summed E-state index contributed by atoms with van der Waals surface area (Å²) >= 11 is 0. The van der Waals surface area contributed by atoms with Gasteiger partial charge in [-0.05, 0) is 58.9 Å². The summed E-state index contributed by atoms with van der Waals surface area (Å²) in [6, 6.07) is 0. The van der Waals surface area contributed by atoms with Crippen LogP contribution in [-0.2, 0) is 0 Å². The Labute approximate surface area is 95.4 Å². The van der Waals surface area contributed by atoms with Gasteiger partial charge in [0.05, 0.1) is 0 Å². The average molecular weight is 212 g/mol. The highest BCUT2D eigenvalue weighted by atomic mass is 15.1. The van der Waals surface area contributed by atoms with Crippen LogP contribution in [0, 0.1) is 0 Å². The first-order chi connectivity index (χ1) is 7.43. The molecule has 15 heavy (non-hydrogen) atoms. The van der Waals surface area contributed by atoms with Crippen LogP contribution in [0.25, 0.3) is 0 Å². The molecule has 0 aromatic carbocycles.